The molecule has 5 nitrogen and oxygen atoms in total. The zero-order valence-corrected chi connectivity index (χ0v) is 10.6. The summed E-state index contributed by atoms with van der Waals surface area (Å²) in [7, 11) is 0. The monoisotopic (exact) mass is 346 g/mol. The van der Waals surface area contributed by atoms with Crippen molar-refractivity contribution in [2.45, 2.75) is 0 Å². The first kappa shape index (κ1) is 11.9. The Hall–Kier alpha value is -1.57. The molecule has 0 saturated carbocycles. The second-order valence-electron chi connectivity index (χ2n) is 3.25. The van der Waals surface area contributed by atoms with Crippen molar-refractivity contribution in [1.29, 1.82) is 0 Å². The number of aliphatic carboxylic acids is 1. The fourth-order valence-electron chi connectivity index (χ4n) is 1.37. The normalized spacial score (nSPS) is 10.4. The zero-order chi connectivity index (χ0) is 12.4. The van der Waals surface area contributed by atoms with Crippen molar-refractivity contribution in [3.05, 3.63) is 38.3 Å². The highest BCUT2D eigenvalue weighted by molar-refractivity contribution is 14.1. The summed E-state index contributed by atoms with van der Waals surface area (Å²) in [6.07, 6.45) is 0. The Morgan fingerprint density at radius 3 is 2.88 bits per heavy atom. The fraction of sp³-hybridized carbons (Fsp3) is 0.0909. The highest BCUT2D eigenvalue weighted by atomic mass is 127. The molecule has 0 aliphatic rings. The van der Waals surface area contributed by atoms with E-state index in [0.29, 0.717) is 11.0 Å². The molecule has 0 aliphatic carbocycles. The van der Waals surface area contributed by atoms with E-state index in [0.717, 1.165) is 9.64 Å². The van der Waals surface area contributed by atoms with E-state index in [-0.39, 0.29) is 5.75 Å². The number of carboxylic acids is 1. The van der Waals surface area contributed by atoms with Crippen LogP contribution in [0.25, 0.3) is 11.0 Å². The van der Waals surface area contributed by atoms with E-state index >= 15 is 0 Å². The van der Waals surface area contributed by atoms with Crippen LogP contribution in [0.15, 0.2) is 33.5 Å². The molecule has 1 aromatic carbocycles. The average Bonchev–Trinajstić information content (AvgIpc) is 2.26. The lowest BCUT2D eigenvalue weighted by Crippen LogP contribution is -2.11. The summed E-state index contributed by atoms with van der Waals surface area (Å²) in [6, 6.07) is 6.33. The number of hydrogen-bond acceptors (Lipinski definition) is 4. The minimum Gasteiger partial charge on any atom is -0.481 e. The number of ether oxygens (including phenoxy) is 1. The molecule has 0 fully saturated rings. The Labute approximate surface area is 109 Å². The predicted octanol–water partition coefficient (Wildman–Crippen LogP) is 1.86. The lowest BCUT2D eigenvalue weighted by molar-refractivity contribution is -0.139. The van der Waals surface area contributed by atoms with Crippen LogP contribution in [-0.4, -0.2) is 17.7 Å². The van der Waals surface area contributed by atoms with Crippen molar-refractivity contribution in [3.8, 4) is 5.75 Å². The van der Waals surface area contributed by atoms with Crippen molar-refractivity contribution in [2.75, 3.05) is 6.61 Å². The molecule has 88 valence electrons. The Bertz CT molecular complexity index is 631. The number of halogens is 1. The summed E-state index contributed by atoms with van der Waals surface area (Å²) in [5.74, 6) is -0.880. The summed E-state index contributed by atoms with van der Waals surface area (Å²) in [5.41, 5.74) is -0.197. The van der Waals surface area contributed by atoms with Gasteiger partial charge in [0.2, 0.25) is 0 Å². The molecule has 1 aromatic heterocycles. The minimum atomic E-state index is -1.10. The van der Waals surface area contributed by atoms with Gasteiger partial charge in [-0.25, -0.2) is 9.59 Å². The number of fused-ring (bicyclic) bond motifs is 1. The number of carbonyl (C=O) groups is 1. The Balaban J connectivity index is 2.55. The van der Waals surface area contributed by atoms with Gasteiger partial charge in [0.25, 0.3) is 0 Å². The van der Waals surface area contributed by atoms with Crippen molar-refractivity contribution in [1.82, 2.24) is 0 Å². The first-order chi connectivity index (χ1) is 8.06. The molecule has 1 heterocycles. The molecule has 0 bridgehead atoms. The van der Waals surface area contributed by atoms with Gasteiger partial charge >= 0.3 is 11.6 Å². The topological polar surface area (TPSA) is 76.7 Å². The maximum Gasteiger partial charge on any atom is 0.341 e. The molecule has 0 atom stereocenters. The van der Waals surface area contributed by atoms with Gasteiger partial charge in [0.15, 0.2) is 6.61 Å². The molecule has 0 radical (unpaired) electrons. The van der Waals surface area contributed by atoms with E-state index in [2.05, 4.69) is 22.6 Å². The quantitative estimate of drug-likeness (QED) is 0.678. The summed E-state index contributed by atoms with van der Waals surface area (Å²) < 4.78 is 11.0. The van der Waals surface area contributed by atoms with Crippen molar-refractivity contribution >= 4 is 39.5 Å². The molecule has 0 aliphatic heterocycles. The highest BCUT2D eigenvalue weighted by Crippen LogP contribution is 2.25. The van der Waals surface area contributed by atoms with Crippen molar-refractivity contribution < 1.29 is 19.1 Å². The van der Waals surface area contributed by atoms with Gasteiger partial charge < -0.3 is 14.3 Å². The third-order valence-corrected chi connectivity index (χ3v) is 2.69. The maximum absolute atomic E-state index is 11.2. The molecule has 6 heteroatoms. The Morgan fingerprint density at radius 1 is 1.41 bits per heavy atom. The van der Waals surface area contributed by atoms with Gasteiger partial charge in [0.1, 0.15) is 11.3 Å². The van der Waals surface area contributed by atoms with E-state index in [1.165, 1.54) is 0 Å². The van der Waals surface area contributed by atoms with E-state index in [9.17, 15) is 9.59 Å². The molecule has 0 spiro atoms. The number of benzene rings is 1. The highest BCUT2D eigenvalue weighted by Gasteiger charge is 2.08. The fourth-order valence-corrected chi connectivity index (χ4v) is 1.86. The molecule has 2 aromatic rings. The van der Waals surface area contributed by atoms with Crippen LogP contribution in [0.4, 0.5) is 0 Å². The zero-order valence-electron chi connectivity index (χ0n) is 8.47. The van der Waals surface area contributed by atoms with Crippen LogP contribution >= 0.6 is 22.6 Å². The summed E-state index contributed by atoms with van der Waals surface area (Å²) >= 11 is 2.10. The lowest BCUT2D eigenvalue weighted by Gasteiger charge is -2.06. The smallest absolute Gasteiger partial charge is 0.341 e. The van der Waals surface area contributed by atoms with E-state index in [1.807, 2.05) is 0 Å². The number of carboxylic acid groups (broad SMARTS) is 1. The Kier molecular flexibility index (Phi) is 3.32. The number of hydrogen-bond donors (Lipinski definition) is 1. The minimum absolute atomic E-state index is 0.220. The van der Waals surface area contributed by atoms with Gasteiger partial charge in [-0.15, -0.1) is 0 Å². The second-order valence-corrected chi connectivity index (χ2v) is 4.50. The van der Waals surface area contributed by atoms with Gasteiger partial charge in [0, 0.05) is 3.57 Å². The standard InChI is InChI=1S/C11H7IO5/c12-6-1-2-8-7(3-6)9(4-11(15)17-8)16-5-10(13)14/h1-4H,5H2,(H,13,14). The molecular formula is C11H7IO5. The van der Waals surface area contributed by atoms with Crippen LogP contribution in [0.3, 0.4) is 0 Å². The van der Waals surface area contributed by atoms with Gasteiger partial charge in [-0.05, 0) is 40.8 Å². The predicted molar refractivity (Wildman–Crippen MR) is 68.3 cm³/mol. The SMILES string of the molecule is O=C(O)COc1cc(=O)oc2ccc(I)cc12. The largest absolute Gasteiger partial charge is 0.481 e. The van der Waals surface area contributed by atoms with Crippen molar-refractivity contribution in [3.63, 3.8) is 0 Å². The molecular weight excluding hydrogens is 339 g/mol. The molecule has 0 saturated heterocycles. The molecule has 0 unspecified atom stereocenters. The third-order valence-electron chi connectivity index (χ3n) is 2.02. The van der Waals surface area contributed by atoms with Crippen LogP contribution < -0.4 is 10.4 Å². The van der Waals surface area contributed by atoms with E-state index < -0.39 is 18.2 Å². The average molecular weight is 346 g/mol. The molecule has 2 rings (SSSR count). The second kappa shape index (κ2) is 4.74. The van der Waals surface area contributed by atoms with Crippen LogP contribution in [-0.2, 0) is 4.79 Å². The summed E-state index contributed by atoms with van der Waals surface area (Å²) in [4.78, 5) is 21.7. The molecule has 17 heavy (non-hydrogen) atoms. The van der Waals surface area contributed by atoms with Gasteiger partial charge in [0.05, 0.1) is 11.5 Å². The number of rotatable bonds is 3. The maximum atomic E-state index is 11.2. The molecule has 0 amide bonds. The van der Waals surface area contributed by atoms with Crippen LogP contribution in [0.2, 0.25) is 0 Å². The van der Waals surface area contributed by atoms with Gasteiger partial charge in [-0.3, -0.25) is 0 Å². The van der Waals surface area contributed by atoms with Crippen LogP contribution in [0, 0.1) is 3.57 Å². The first-order valence-electron chi connectivity index (χ1n) is 4.64. The molecule has 1 N–H and O–H groups in total. The van der Waals surface area contributed by atoms with Crippen LogP contribution in [0.1, 0.15) is 0 Å². The Morgan fingerprint density at radius 2 is 2.18 bits per heavy atom. The van der Waals surface area contributed by atoms with Gasteiger partial charge in [-0.1, -0.05) is 0 Å². The third kappa shape index (κ3) is 2.76. The van der Waals surface area contributed by atoms with Crippen LogP contribution in [0.5, 0.6) is 5.75 Å². The first-order valence-corrected chi connectivity index (χ1v) is 5.72. The summed E-state index contributed by atoms with van der Waals surface area (Å²) in [6.45, 7) is -0.496. The van der Waals surface area contributed by atoms with E-state index in [1.54, 1.807) is 18.2 Å². The lowest BCUT2D eigenvalue weighted by atomic mass is 10.2. The van der Waals surface area contributed by atoms with E-state index in [4.69, 9.17) is 14.3 Å². The summed E-state index contributed by atoms with van der Waals surface area (Å²) in [5, 5.41) is 9.12. The van der Waals surface area contributed by atoms with Gasteiger partial charge in [-0.2, -0.15) is 0 Å². The van der Waals surface area contributed by atoms with Crippen molar-refractivity contribution in [2.24, 2.45) is 0 Å².